The van der Waals surface area contributed by atoms with Crippen LogP contribution >= 0.6 is 11.3 Å². The molecule has 4 nitrogen and oxygen atoms in total. The van der Waals surface area contributed by atoms with Crippen LogP contribution in [0.1, 0.15) is 0 Å². The number of benzene rings is 1. The van der Waals surface area contributed by atoms with E-state index < -0.39 is 0 Å². The Morgan fingerprint density at radius 1 is 1.12 bits per heavy atom. The first-order valence-electron chi connectivity index (χ1n) is 5.05. The quantitative estimate of drug-likeness (QED) is 0.514. The Balaban J connectivity index is 2.10. The molecule has 0 aliphatic rings. The normalized spacial score (nSPS) is 10.6. The van der Waals surface area contributed by atoms with Gasteiger partial charge in [-0.05, 0) is 23.6 Å². The maximum absolute atomic E-state index is 12.0. The monoisotopic (exact) mass is 244 g/mol. The van der Waals surface area contributed by atoms with Gasteiger partial charge >= 0.3 is 11.7 Å². The molecule has 0 unspecified atom stereocenters. The zero-order valence-corrected chi connectivity index (χ0v) is 9.55. The highest BCUT2D eigenvalue weighted by molar-refractivity contribution is 7.13. The van der Waals surface area contributed by atoms with Gasteiger partial charge in [-0.1, -0.05) is 24.3 Å². The summed E-state index contributed by atoms with van der Waals surface area (Å²) < 4.78 is 5.83. The molecule has 2 heterocycles. The van der Waals surface area contributed by atoms with Crippen molar-refractivity contribution < 1.29 is 9.25 Å². The highest BCUT2D eigenvalue weighted by Gasteiger charge is 2.22. The smallest absolute Gasteiger partial charge is 0.383 e. The van der Waals surface area contributed by atoms with E-state index in [0.29, 0.717) is 0 Å². The van der Waals surface area contributed by atoms with Crippen molar-refractivity contribution in [3.05, 3.63) is 53.1 Å². The second-order valence-corrected chi connectivity index (χ2v) is 4.40. The van der Waals surface area contributed by atoms with Crippen molar-refractivity contribution in [1.29, 1.82) is 0 Å². The molecule has 0 aliphatic carbocycles. The van der Waals surface area contributed by atoms with Crippen LogP contribution in [0.25, 0.3) is 22.2 Å². The molecule has 0 radical (unpaired) electrons. The molecule has 0 aliphatic heterocycles. The number of thiophene rings is 1. The SMILES string of the molecule is [O-][n+]1c(-c2ccccc2)noc1-c1cccs1. The van der Waals surface area contributed by atoms with Crippen molar-refractivity contribution in [2.24, 2.45) is 0 Å². The molecule has 17 heavy (non-hydrogen) atoms. The highest BCUT2D eigenvalue weighted by atomic mass is 32.1. The van der Waals surface area contributed by atoms with E-state index in [1.807, 2.05) is 47.8 Å². The zero-order chi connectivity index (χ0) is 11.7. The molecule has 0 spiro atoms. The van der Waals surface area contributed by atoms with E-state index >= 15 is 0 Å². The van der Waals surface area contributed by atoms with E-state index in [-0.39, 0.29) is 11.7 Å². The molecule has 84 valence electrons. The fourth-order valence-electron chi connectivity index (χ4n) is 1.56. The van der Waals surface area contributed by atoms with Crippen molar-refractivity contribution in [3.8, 4) is 22.2 Å². The minimum Gasteiger partial charge on any atom is -0.708 e. The third kappa shape index (κ3) is 1.70. The molecular formula is C12H8N2O2S. The van der Waals surface area contributed by atoms with Gasteiger partial charge in [-0.3, -0.25) is 0 Å². The van der Waals surface area contributed by atoms with Crippen LogP contribution in [-0.2, 0) is 0 Å². The Labute approximate surface area is 101 Å². The van der Waals surface area contributed by atoms with Gasteiger partial charge in [0, 0.05) is 0 Å². The van der Waals surface area contributed by atoms with Crippen LogP contribution in [0, 0.1) is 5.21 Å². The lowest BCUT2D eigenvalue weighted by Gasteiger charge is -1.99. The predicted molar refractivity (Wildman–Crippen MR) is 64.2 cm³/mol. The molecular weight excluding hydrogens is 236 g/mol. The Morgan fingerprint density at radius 3 is 2.65 bits per heavy atom. The summed E-state index contributed by atoms with van der Waals surface area (Å²) in [6.07, 6.45) is 0. The summed E-state index contributed by atoms with van der Waals surface area (Å²) in [5.41, 5.74) is 0.744. The molecule has 1 aromatic carbocycles. The fourth-order valence-corrected chi connectivity index (χ4v) is 2.24. The van der Waals surface area contributed by atoms with Gasteiger partial charge in [0.2, 0.25) is 0 Å². The first kappa shape index (κ1) is 10.0. The molecule has 3 rings (SSSR count). The van der Waals surface area contributed by atoms with Gasteiger partial charge in [0.15, 0.2) is 5.16 Å². The lowest BCUT2D eigenvalue weighted by molar-refractivity contribution is -0.585. The third-order valence-electron chi connectivity index (χ3n) is 2.36. The van der Waals surface area contributed by atoms with Gasteiger partial charge < -0.3 is 5.21 Å². The van der Waals surface area contributed by atoms with E-state index in [9.17, 15) is 5.21 Å². The van der Waals surface area contributed by atoms with Crippen LogP contribution in [-0.4, -0.2) is 5.16 Å². The first-order valence-corrected chi connectivity index (χ1v) is 5.93. The maximum atomic E-state index is 12.0. The summed E-state index contributed by atoms with van der Waals surface area (Å²) in [5, 5.41) is 17.7. The van der Waals surface area contributed by atoms with E-state index in [1.54, 1.807) is 0 Å². The highest BCUT2D eigenvalue weighted by Crippen LogP contribution is 2.23. The summed E-state index contributed by atoms with van der Waals surface area (Å²) >= 11 is 1.44. The van der Waals surface area contributed by atoms with E-state index in [4.69, 9.17) is 4.52 Å². The molecule has 0 N–H and O–H groups in total. The Morgan fingerprint density at radius 2 is 1.94 bits per heavy atom. The van der Waals surface area contributed by atoms with E-state index in [0.717, 1.165) is 15.2 Å². The second-order valence-electron chi connectivity index (χ2n) is 3.45. The number of rotatable bonds is 2. The second kappa shape index (κ2) is 4.03. The summed E-state index contributed by atoms with van der Waals surface area (Å²) in [6, 6.07) is 12.9. The standard InChI is InChI=1S/C12H8N2O2S/c15-14-11(9-5-2-1-3-6-9)13-16-12(14)10-7-4-8-17-10/h1-8H. The Bertz CT molecular complexity index is 617. The van der Waals surface area contributed by atoms with Gasteiger partial charge in [-0.2, -0.15) is 4.73 Å². The van der Waals surface area contributed by atoms with Crippen LogP contribution in [0.2, 0.25) is 0 Å². The fraction of sp³-hybridized carbons (Fsp3) is 0. The predicted octanol–water partition coefficient (Wildman–Crippen LogP) is 2.70. The Kier molecular flexibility index (Phi) is 2.38. The summed E-state index contributed by atoms with van der Waals surface area (Å²) in [6.45, 7) is 0. The molecule has 0 atom stereocenters. The third-order valence-corrected chi connectivity index (χ3v) is 3.22. The van der Waals surface area contributed by atoms with Crippen molar-refractivity contribution >= 4 is 11.3 Å². The molecule has 0 bridgehead atoms. The molecule has 0 amide bonds. The van der Waals surface area contributed by atoms with E-state index in [1.165, 1.54) is 11.3 Å². The van der Waals surface area contributed by atoms with Crippen LogP contribution in [0.15, 0.2) is 52.4 Å². The summed E-state index contributed by atoms with van der Waals surface area (Å²) in [7, 11) is 0. The molecule has 5 heteroatoms. The van der Waals surface area contributed by atoms with Gasteiger partial charge in [-0.15, -0.1) is 11.3 Å². The van der Waals surface area contributed by atoms with Crippen molar-refractivity contribution in [2.45, 2.75) is 0 Å². The Hall–Kier alpha value is -2.14. The molecule has 0 fully saturated rings. The average molecular weight is 244 g/mol. The van der Waals surface area contributed by atoms with Crippen LogP contribution in [0.5, 0.6) is 0 Å². The van der Waals surface area contributed by atoms with Gasteiger partial charge in [-0.25, -0.2) is 4.52 Å². The number of hydrogen-bond donors (Lipinski definition) is 0. The number of hydrogen-bond acceptors (Lipinski definition) is 4. The van der Waals surface area contributed by atoms with Crippen molar-refractivity contribution in [1.82, 2.24) is 5.16 Å². The van der Waals surface area contributed by atoms with Gasteiger partial charge in [0.25, 0.3) is 0 Å². The average Bonchev–Trinajstić information content (AvgIpc) is 2.99. The lowest BCUT2D eigenvalue weighted by atomic mass is 10.2. The minimum absolute atomic E-state index is 0.235. The first-order chi connectivity index (χ1) is 8.36. The van der Waals surface area contributed by atoms with Gasteiger partial charge in [0.1, 0.15) is 4.88 Å². The number of nitrogens with zero attached hydrogens (tertiary/aromatic N) is 2. The van der Waals surface area contributed by atoms with Crippen molar-refractivity contribution in [3.63, 3.8) is 0 Å². The van der Waals surface area contributed by atoms with Crippen LogP contribution in [0.4, 0.5) is 0 Å². The van der Waals surface area contributed by atoms with Crippen LogP contribution in [0.3, 0.4) is 0 Å². The van der Waals surface area contributed by atoms with E-state index in [2.05, 4.69) is 5.16 Å². The summed E-state index contributed by atoms with van der Waals surface area (Å²) in [4.78, 5) is 0.773. The van der Waals surface area contributed by atoms with Crippen LogP contribution < -0.4 is 4.73 Å². The lowest BCUT2D eigenvalue weighted by Crippen LogP contribution is -2.28. The molecule has 0 saturated heterocycles. The number of aromatic nitrogens is 2. The molecule has 2 aromatic heterocycles. The topological polar surface area (TPSA) is 53.0 Å². The zero-order valence-electron chi connectivity index (χ0n) is 8.74. The largest absolute Gasteiger partial charge is 0.708 e. The van der Waals surface area contributed by atoms with Gasteiger partial charge in [0.05, 0.1) is 5.56 Å². The maximum Gasteiger partial charge on any atom is 0.383 e. The van der Waals surface area contributed by atoms with Crippen molar-refractivity contribution in [2.75, 3.05) is 0 Å². The summed E-state index contributed by atoms with van der Waals surface area (Å²) in [5.74, 6) is 0.521. The molecule has 3 aromatic rings. The molecule has 0 saturated carbocycles. The minimum atomic E-state index is 0.235.